The van der Waals surface area contributed by atoms with Gasteiger partial charge in [-0.2, -0.15) is 0 Å². The van der Waals surface area contributed by atoms with Crippen molar-refractivity contribution in [3.05, 3.63) is 123 Å². The molecule has 1 aliphatic carbocycles. The highest BCUT2D eigenvalue weighted by molar-refractivity contribution is 7.17. The Hall–Kier alpha value is -4.07. The van der Waals surface area contributed by atoms with Gasteiger partial charge in [0.1, 0.15) is 5.82 Å². The van der Waals surface area contributed by atoms with E-state index in [-0.39, 0.29) is 17.5 Å². The Bertz CT molecular complexity index is 1790. The Morgan fingerprint density at radius 1 is 1.02 bits per heavy atom. The van der Waals surface area contributed by atoms with Crippen molar-refractivity contribution in [2.75, 3.05) is 6.54 Å². The Labute approximate surface area is 236 Å². The summed E-state index contributed by atoms with van der Waals surface area (Å²) in [7, 11) is 0. The normalized spacial score (nSPS) is 16.8. The van der Waals surface area contributed by atoms with E-state index in [0.717, 1.165) is 40.9 Å². The minimum absolute atomic E-state index is 0.140. The van der Waals surface area contributed by atoms with E-state index >= 15 is 0 Å². The Balaban J connectivity index is 1.15. The maximum absolute atomic E-state index is 13.5. The van der Waals surface area contributed by atoms with Crippen LogP contribution >= 0.6 is 11.3 Å². The molecular weight excluding hydrogens is 518 g/mol. The Morgan fingerprint density at radius 2 is 1.82 bits per heavy atom. The van der Waals surface area contributed by atoms with E-state index in [4.69, 9.17) is 4.98 Å². The highest BCUT2D eigenvalue weighted by Crippen LogP contribution is 2.52. The molecule has 6 nitrogen and oxygen atoms in total. The molecule has 0 saturated heterocycles. The van der Waals surface area contributed by atoms with E-state index in [0.29, 0.717) is 30.5 Å². The van der Waals surface area contributed by atoms with Gasteiger partial charge in [-0.3, -0.25) is 9.59 Å². The predicted octanol–water partition coefficient (Wildman–Crippen LogP) is 5.74. The number of aliphatic hydroxyl groups excluding tert-OH is 1. The van der Waals surface area contributed by atoms with Crippen LogP contribution in [0.2, 0.25) is 0 Å². The third-order valence-corrected chi connectivity index (χ3v) is 9.32. The molecule has 2 aliphatic rings. The molecule has 1 atom stereocenters. The molecule has 1 aliphatic heterocycles. The maximum atomic E-state index is 13.5. The van der Waals surface area contributed by atoms with Crippen LogP contribution in [0, 0.1) is 0 Å². The summed E-state index contributed by atoms with van der Waals surface area (Å²) in [5.74, 6) is 0.326. The van der Waals surface area contributed by atoms with Crippen molar-refractivity contribution in [1.29, 1.82) is 0 Å². The van der Waals surface area contributed by atoms with Gasteiger partial charge in [-0.15, -0.1) is 11.3 Å². The standard InChI is InChI=1S/C33H29N3O3S/c37-29(22-9-6-8-21(18-22)26-20-40-28-14-5-4-12-24(26)28)31(39)36-17-7-13-27-25(19-36)30(38)35-32(34-27)33(15-16-33)23-10-2-1-3-11-23/h1-6,8-12,14,18,20,29,37H,7,13,15-17,19H2,(H,34,35,38). The van der Waals surface area contributed by atoms with Gasteiger partial charge < -0.3 is 15.0 Å². The van der Waals surface area contributed by atoms with Crippen LogP contribution in [0.15, 0.2) is 89.0 Å². The number of aromatic amines is 1. The summed E-state index contributed by atoms with van der Waals surface area (Å²) in [6, 6.07) is 26.0. The fourth-order valence-corrected chi connectivity index (χ4v) is 6.94. The molecule has 3 aromatic carbocycles. The summed E-state index contributed by atoms with van der Waals surface area (Å²) in [5, 5.41) is 14.4. The lowest BCUT2D eigenvalue weighted by molar-refractivity contribution is -0.141. The highest BCUT2D eigenvalue weighted by Gasteiger charge is 2.48. The number of aliphatic hydroxyl groups is 1. The smallest absolute Gasteiger partial charge is 0.256 e. The number of carbonyl (C=O) groups excluding carboxylic acids is 1. The minimum atomic E-state index is -1.31. The van der Waals surface area contributed by atoms with Crippen molar-refractivity contribution in [1.82, 2.24) is 14.9 Å². The monoisotopic (exact) mass is 547 g/mol. The van der Waals surface area contributed by atoms with Gasteiger partial charge in [0.15, 0.2) is 6.10 Å². The number of rotatable bonds is 5. The molecule has 200 valence electrons. The van der Waals surface area contributed by atoms with Crippen LogP contribution in [0.3, 0.4) is 0 Å². The number of carbonyl (C=O) groups is 1. The van der Waals surface area contributed by atoms with Crippen molar-refractivity contribution in [3.8, 4) is 11.1 Å². The summed E-state index contributed by atoms with van der Waals surface area (Å²) >= 11 is 1.68. The van der Waals surface area contributed by atoms with Crippen LogP contribution < -0.4 is 5.56 Å². The van der Waals surface area contributed by atoms with E-state index < -0.39 is 12.0 Å². The van der Waals surface area contributed by atoms with Gasteiger partial charge in [0.05, 0.1) is 23.2 Å². The third-order valence-electron chi connectivity index (χ3n) is 8.36. The first-order chi connectivity index (χ1) is 19.5. The van der Waals surface area contributed by atoms with Gasteiger partial charge >= 0.3 is 0 Å². The second kappa shape index (κ2) is 9.84. The Kier molecular flexibility index (Phi) is 6.13. The molecule has 2 aromatic heterocycles. The average molecular weight is 548 g/mol. The molecule has 5 aromatic rings. The minimum Gasteiger partial charge on any atom is -0.378 e. The predicted molar refractivity (Wildman–Crippen MR) is 157 cm³/mol. The SMILES string of the molecule is O=C(C(O)c1cccc(-c2csc3ccccc23)c1)N1CCCc2nc(C3(c4ccccc4)CC3)[nH]c(=O)c2C1. The summed E-state index contributed by atoms with van der Waals surface area (Å²) < 4.78 is 1.20. The van der Waals surface area contributed by atoms with Crippen LogP contribution in [0.25, 0.3) is 21.2 Å². The van der Waals surface area contributed by atoms with Crippen LogP contribution in [0.5, 0.6) is 0 Å². The topological polar surface area (TPSA) is 86.3 Å². The number of H-pyrrole nitrogens is 1. The zero-order valence-corrected chi connectivity index (χ0v) is 22.8. The second-order valence-electron chi connectivity index (χ2n) is 10.8. The fraction of sp³-hybridized carbons (Fsp3) is 0.242. The number of amides is 1. The molecule has 3 heterocycles. The lowest BCUT2D eigenvalue weighted by Crippen LogP contribution is -2.36. The lowest BCUT2D eigenvalue weighted by Gasteiger charge is -2.24. The molecule has 7 heteroatoms. The first kappa shape index (κ1) is 24.9. The molecule has 0 radical (unpaired) electrons. The molecule has 7 rings (SSSR count). The zero-order valence-electron chi connectivity index (χ0n) is 22.0. The summed E-state index contributed by atoms with van der Waals surface area (Å²) in [4.78, 5) is 36.5. The van der Waals surface area contributed by atoms with E-state index in [1.54, 1.807) is 22.3 Å². The van der Waals surface area contributed by atoms with Gasteiger partial charge in [0.25, 0.3) is 11.5 Å². The highest BCUT2D eigenvalue weighted by atomic mass is 32.1. The molecule has 2 N–H and O–H groups in total. The number of benzene rings is 3. The quantitative estimate of drug-likeness (QED) is 0.294. The van der Waals surface area contributed by atoms with Gasteiger partial charge in [0, 0.05) is 22.2 Å². The first-order valence-electron chi connectivity index (χ1n) is 13.7. The fourth-order valence-electron chi connectivity index (χ4n) is 5.97. The van der Waals surface area contributed by atoms with Crippen molar-refractivity contribution < 1.29 is 9.90 Å². The molecule has 1 fully saturated rings. The van der Waals surface area contributed by atoms with Crippen LogP contribution in [0.4, 0.5) is 0 Å². The van der Waals surface area contributed by atoms with Crippen molar-refractivity contribution in [2.24, 2.45) is 0 Å². The number of nitrogens with zero attached hydrogens (tertiary/aromatic N) is 2. The molecule has 1 unspecified atom stereocenters. The molecule has 0 spiro atoms. The molecule has 0 bridgehead atoms. The number of aromatic nitrogens is 2. The van der Waals surface area contributed by atoms with Gasteiger partial charge in [0.2, 0.25) is 0 Å². The molecule has 1 saturated carbocycles. The molecular formula is C33H29N3O3S. The van der Waals surface area contributed by atoms with Crippen molar-refractivity contribution in [3.63, 3.8) is 0 Å². The Morgan fingerprint density at radius 3 is 2.65 bits per heavy atom. The summed E-state index contributed by atoms with van der Waals surface area (Å²) in [6.45, 7) is 0.598. The molecule has 40 heavy (non-hydrogen) atoms. The average Bonchev–Trinajstić information content (AvgIpc) is 3.74. The summed E-state index contributed by atoms with van der Waals surface area (Å²) in [5.41, 5.74) is 4.62. The van der Waals surface area contributed by atoms with Crippen LogP contribution in [0.1, 0.15) is 53.6 Å². The second-order valence-corrected chi connectivity index (χ2v) is 11.7. The lowest BCUT2D eigenvalue weighted by atomic mass is 9.94. The number of hydrogen-bond donors (Lipinski definition) is 2. The first-order valence-corrected chi connectivity index (χ1v) is 14.6. The maximum Gasteiger partial charge on any atom is 0.256 e. The molecule has 1 amide bonds. The number of hydrogen-bond acceptors (Lipinski definition) is 5. The third kappa shape index (κ3) is 4.26. The van der Waals surface area contributed by atoms with Gasteiger partial charge in [-0.05, 0) is 59.9 Å². The zero-order chi connectivity index (χ0) is 27.3. The van der Waals surface area contributed by atoms with E-state index in [1.165, 1.54) is 10.3 Å². The van der Waals surface area contributed by atoms with Gasteiger partial charge in [-0.25, -0.2) is 4.98 Å². The number of aryl methyl sites for hydroxylation is 1. The van der Waals surface area contributed by atoms with Crippen LogP contribution in [-0.2, 0) is 23.2 Å². The van der Waals surface area contributed by atoms with E-state index in [9.17, 15) is 14.7 Å². The van der Waals surface area contributed by atoms with Crippen LogP contribution in [-0.4, -0.2) is 32.4 Å². The van der Waals surface area contributed by atoms with Gasteiger partial charge in [-0.1, -0.05) is 66.7 Å². The number of fused-ring (bicyclic) bond motifs is 2. The number of nitrogens with one attached hydrogen (secondary N) is 1. The van der Waals surface area contributed by atoms with Crippen molar-refractivity contribution in [2.45, 2.75) is 43.7 Å². The van der Waals surface area contributed by atoms with E-state index in [2.05, 4.69) is 34.6 Å². The van der Waals surface area contributed by atoms with Crippen molar-refractivity contribution >= 4 is 27.3 Å². The summed E-state index contributed by atoms with van der Waals surface area (Å²) in [6.07, 6.45) is 1.90. The largest absolute Gasteiger partial charge is 0.378 e. The number of thiophene rings is 1. The van der Waals surface area contributed by atoms with E-state index in [1.807, 2.05) is 48.5 Å².